The number of aryl methyl sites for hydroxylation is 1. The van der Waals surface area contributed by atoms with E-state index < -0.39 is 5.92 Å². The maximum Gasteiger partial charge on any atom is 0.227 e. The Bertz CT molecular complexity index is 1010. The van der Waals surface area contributed by atoms with Crippen molar-refractivity contribution in [3.8, 4) is 17.9 Å². The number of rotatable bonds is 5. The van der Waals surface area contributed by atoms with E-state index in [0.717, 1.165) is 22.7 Å². The van der Waals surface area contributed by atoms with E-state index in [9.17, 15) is 5.26 Å². The quantitative estimate of drug-likeness (QED) is 0.741. The lowest BCUT2D eigenvalue weighted by atomic mass is 9.96. The Balaban J connectivity index is 1.90. The highest BCUT2D eigenvalue weighted by Gasteiger charge is 2.17. The van der Waals surface area contributed by atoms with Gasteiger partial charge in [-0.15, -0.1) is 0 Å². The van der Waals surface area contributed by atoms with Gasteiger partial charge in [-0.25, -0.2) is 9.97 Å². The van der Waals surface area contributed by atoms with Gasteiger partial charge >= 0.3 is 0 Å². The molecular weight excluding hydrogens is 338 g/mol. The third-order valence-electron chi connectivity index (χ3n) is 4.02. The maximum atomic E-state index is 9.70. The minimum atomic E-state index is -0.515. The molecule has 3 rings (SSSR count). The van der Waals surface area contributed by atoms with E-state index in [1.165, 1.54) is 0 Å². The van der Waals surface area contributed by atoms with Crippen molar-refractivity contribution in [3.05, 3.63) is 77.1 Å². The van der Waals surface area contributed by atoms with Crippen LogP contribution < -0.4 is 10.1 Å². The molecule has 6 nitrogen and oxygen atoms in total. The van der Waals surface area contributed by atoms with Crippen LogP contribution in [0, 0.1) is 29.6 Å². The Morgan fingerprint density at radius 2 is 1.70 bits per heavy atom. The van der Waals surface area contributed by atoms with E-state index in [0.29, 0.717) is 17.2 Å². The van der Waals surface area contributed by atoms with Crippen LogP contribution in [0.15, 0.2) is 54.6 Å². The molecule has 0 saturated carbocycles. The van der Waals surface area contributed by atoms with Gasteiger partial charge < -0.3 is 10.1 Å². The molecule has 2 aromatic carbocycles. The van der Waals surface area contributed by atoms with Crippen molar-refractivity contribution in [1.82, 2.24) is 9.97 Å². The normalized spacial score (nSPS) is 11.1. The van der Waals surface area contributed by atoms with Crippen LogP contribution in [0.4, 0.5) is 11.6 Å². The number of nitrogens with one attached hydrogen (secondary N) is 1. The van der Waals surface area contributed by atoms with Crippen molar-refractivity contribution in [2.75, 3.05) is 12.4 Å². The van der Waals surface area contributed by atoms with Gasteiger partial charge in [0.25, 0.3) is 0 Å². The topological polar surface area (TPSA) is 94.6 Å². The number of hydrogen-bond donors (Lipinski definition) is 1. The number of anilines is 2. The Kier molecular flexibility index (Phi) is 5.30. The highest BCUT2D eigenvalue weighted by Crippen LogP contribution is 2.26. The number of nitriles is 2. The summed E-state index contributed by atoms with van der Waals surface area (Å²) in [5.41, 5.74) is 3.55. The molecule has 0 saturated heterocycles. The SMILES string of the molecule is COc1ccc(C(C#N)c2cc(C)nc(Nc3ccc(C#N)cc3)n2)cc1. The average Bonchev–Trinajstić information content (AvgIpc) is 2.69. The number of benzene rings is 2. The predicted molar refractivity (Wildman–Crippen MR) is 102 cm³/mol. The smallest absolute Gasteiger partial charge is 0.227 e. The van der Waals surface area contributed by atoms with Gasteiger partial charge in [-0.2, -0.15) is 10.5 Å². The molecule has 1 unspecified atom stereocenters. The van der Waals surface area contributed by atoms with Crippen LogP contribution in [0.5, 0.6) is 5.75 Å². The monoisotopic (exact) mass is 355 g/mol. The van der Waals surface area contributed by atoms with E-state index >= 15 is 0 Å². The molecular formula is C21H17N5O. The molecule has 0 radical (unpaired) electrons. The fourth-order valence-corrected chi connectivity index (χ4v) is 2.66. The van der Waals surface area contributed by atoms with Crippen LogP contribution in [0.25, 0.3) is 0 Å². The van der Waals surface area contributed by atoms with Gasteiger partial charge in [0.05, 0.1) is 30.5 Å². The van der Waals surface area contributed by atoms with Crippen molar-refractivity contribution < 1.29 is 4.74 Å². The lowest BCUT2D eigenvalue weighted by molar-refractivity contribution is 0.414. The Labute approximate surface area is 157 Å². The van der Waals surface area contributed by atoms with Gasteiger partial charge in [-0.3, -0.25) is 0 Å². The minimum Gasteiger partial charge on any atom is -0.497 e. The van der Waals surface area contributed by atoms with Crippen molar-refractivity contribution in [2.24, 2.45) is 0 Å². The zero-order chi connectivity index (χ0) is 19.2. The second-order valence-corrected chi connectivity index (χ2v) is 5.91. The summed E-state index contributed by atoms with van der Waals surface area (Å²) in [7, 11) is 1.60. The van der Waals surface area contributed by atoms with Crippen LogP contribution in [-0.4, -0.2) is 17.1 Å². The molecule has 1 N–H and O–H groups in total. The lowest BCUT2D eigenvalue weighted by Gasteiger charge is -2.13. The largest absolute Gasteiger partial charge is 0.497 e. The van der Waals surface area contributed by atoms with Crippen molar-refractivity contribution >= 4 is 11.6 Å². The summed E-state index contributed by atoms with van der Waals surface area (Å²) in [4.78, 5) is 8.91. The van der Waals surface area contributed by atoms with E-state index in [-0.39, 0.29) is 0 Å². The van der Waals surface area contributed by atoms with Crippen LogP contribution in [0.2, 0.25) is 0 Å². The van der Waals surface area contributed by atoms with E-state index in [4.69, 9.17) is 10.00 Å². The molecule has 1 aromatic heterocycles. The van der Waals surface area contributed by atoms with E-state index in [2.05, 4.69) is 27.4 Å². The first-order chi connectivity index (χ1) is 13.1. The van der Waals surface area contributed by atoms with Crippen molar-refractivity contribution in [2.45, 2.75) is 12.8 Å². The molecule has 132 valence electrons. The van der Waals surface area contributed by atoms with Gasteiger partial charge in [-0.1, -0.05) is 12.1 Å². The van der Waals surface area contributed by atoms with Gasteiger partial charge in [0, 0.05) is 11.4 Å². The number of methoxy groups -OCH3 is 1. The Morgan fingerprint density at radius 3 is 2.30 bits per heavy atom. The molecule has 1 atom stereocenters. The third kappa shape index (κ3) is 4.20. The highest BCUT2D eigenvalue weighted by atomic mass is 16.5. The van der Waals surface area contributed by atoms with Gasteiger partial charge in [0.1, 0.15) is 11.7 Å². The second-order valence-electron chi connectivity index (χ2n) is 5.91. The number of hydrogen-bond acceptors (Lipinski definition) is 6. The zero-order valence-corrected chi connectivity index (χ0v) is 15.0. The van der Waals surface area contributed by atoms with Crippen LogP contribution in [-0.2, 0) is 0 Å². The van der Waals surface area contributed by atoms with E-state index in [1.807, 2.05) is 37.3 Å². The first kappa shape index (κ1) is 17.9. The number of nitrogens with zero attached hydrogens (tertiary/aromatic N) is 4. The highest BCUT2D eigenvalue weighted by molar-refractivity contribution is 5.55. The maximum absolute atomic E-state index is 9.70. The first-order valence-electron chi connectivity index (χ1n) is 8.29. The van der Waals surface area contributed by atoms with Crippen LogP contribution in [0.1, 0.15) is 28.4 Å². The summed E-state index contributed by atoms with van der Waals surface area (Å²) in [6, 6.07) is 20.6. The molecule has 0 spiro atoms. The number of ether oxygens (including phenoxy) is 1. The van der Waals surface area contributed by atoms with Gasteiger partial charge in [0.15, 0.2) is 0 Å². The lowest BCUT2D eigenvalue weighted by Crippen LogP contribution is -2.06. The Hall–Kier alpha value is -3.90. The molecule has 0 bridgehead atoms. The average molecular weight is 355 g/mol. The van der Waals surface area contributed by atoms with E-state index in [1.54, 1.807) is 31.4 Å². The molecule has 0 aliphatic rings. The molecule has 6 heteroatoms. The summed E-state index contributed by atoms with van der Waals surface area (Å²) in [5.74, 6) is 0.625. The molecule has 0 aliphatic carbocycles. The zero-order valence-electron chi connectivity index (χ0n) is 15.0. The minimum absolute atomic E-state index is 0.406. The summed E-state index contributed by atoms with van der Waals surface area (Å²) in [6.45, 7) is 1.86. The summed E-state index contributed by atoms with van der Waals surface area (Å²) < 4.78 is 5.17. The summed E-state index contributed by atoms with van der Waals surface area (Å²) >= 11 is 0. The number of aromatic nitrogens is 2. The second kappa shape index (κ2) is 7.99. The van der Waals surface area contributed by atoms with Gasteiger partial charge in [-0.05, 0) is 55.0 Å². The van der Waals surface area contributed by atoms with Gasteiger partial charge in [0.2, 0.25) is 5.95 Å². The fraction of sp³-hybridized carbons (Fsp3) is 0.143. The van der Waals surface area contributed by atoms with Crippen molar-refractivity contribution in [3.63, 3.8) is 0 Å². The molecule has 0 fully saturated rings. The van der Waals surface area contributed by atoms with Crippen molar-refractivity contribution in [1.29, 1.82) is 10.5 Å². The summed E-state index contributed by atoms with van der Waals surface area (Å²) in [6.07, 6.45) is 0. The standard InChI is InChI=1S/C21H17N5O/c1-14-11-20(19(13-23)16-5-9-18(27-2)10-6-16)26-21(24-14)25-17-7-3-15(12-22)4-8-17/h3-11,19H,1-2H3,(H,24,25,26). The molecule has 0 aliphatic heterocycles. The Morgan fingerprint density at radius 1 is 1.00 bits per heavy atom. The fourth-order valence-electron chi connectivity index (χ4n) is 2.66. The molecule has 1 heterocycles. The van der Waals surface area contributed by atoms with Crippen LogP contribution >= 0.6 is 0 Å². The summed E-state index contributed by atoms with van der Waals surface area (Å²) in [5, 5.41) is 21.7. The predicted octanol–water partition coefficient (Wildman–Crippen LogP) is 4.06. The molecule has 3 aromatic rings. The molecule has 0 amide bonds. The first-order valence-corrected chi connectivity index (χ1v) is 8.29. The third-order valence-corrected chi connectivity index (χ3v) is 4.02. The van der Waals surface area contributed by atoms with Crippen LogP contribution in [0.3, 0.4) is 0 Å². The molecule has 27 heavy (non-hydrogen) atoms.